The molecule has 0 radical (unpaired) electrons. The molecule has 0 aliphatic carbocycles. The van der Waals surface area contributed by atoms with Crippen LogP contribution in [-0.2, 0) is 16.1 Å². The van der Waals surface area contributed by atoms with Crippen molar-refractivity contribution in [2.24, 2.45) is 0 Å². The van der Waals surface area contributed by atoms with E-state index in [1.165, 1.54) is 13.4 Å². The predicted molar refractivity (Wildman–Crippen MR) is 78.3 cm³/mol. The fourth-order valence-electron chi connectivity index (χ4n) is 1.78. The third kappa shape index (κ3) is 3.72. The van der Waals surface area contributed by atoms with Crippen molar-refractivity contribution >= 4 is 11.9 Å². The second-order valence-electron chi connectivity index (χ2n) is 4.23. The molecule has 0 aliphatic rings. The minimum atomic E-state index is 0.502. The molecule has 0 spiro atoms. The first-order valence-corrected chi connectivity index (χ1v) is 6.29. The topological polar surface area (TPSA) is 35.5 Å². The zero-order valence-electron chi connectivity index (χ0n) is 11.3. The molecular weight excluding hydrogens is 252 g/mol. The number of hydrogen-bond donors (Lipinski definition) is 0. The summed E-state index contributed by atoms with van der Waals surface area (Å²) in [5.74, 6) is 0.764. The minimum absolute atomic E-state index is 0.502. The van der Waals surface area contributed by atoms with Gasteiger partial charge in [-0.05, 0) is 23.3 Å². The Bertz CT molecular complexity index is 571. The van der Waals surface area contributed by atoms with Crippen molar-refractivity contribution in [1.82, 2.24) is 0 Å². The van der Waals surface area contributed by atoms with Gasteiger partial charge >= 0.3 is 0 Å². The summed E-state index contributed by atoms with van der Waals surface area (Å²) in [6.07, 6.45) is 2.19. The minimum Gasteiger partial charge on any atom is -0.504 e. The molecule has 0 unspecified atom stereocenters. The Balaban J connectivity index is 2.01. The van der Waals surface area contributed by atoms with Gasteiger partial charge in [0.2, 0.25) is 0 Å². The van der Waals surface area contributed by atoms with Crippen LogP contribution in [0.5, 0.6) is 5.75 Å². The quantitative estimate of drug-likeness (QED) is 0.457. The molecule has 0 heterocycles. The van der Waals surface area contributed by atoms with Crippen molar-refractivity contribution < 1.29 is 14.3 Å². The number of carbonyl (C=O) groups is 1. The number of carbonyl (C=O) groups excluding carboxylic acids is 1. The van der Waals surface area contributed by atoms with Crippen molar-refractivity contribution in [3.8, 4) is 5.75 Å². The second kappa shape index (κ2) is 7.14. The fourth-order valence-corrected chi connectivity index (χ4v) is 1.78. The van der Waals surface area contributed by atoms with Crippen LogP contribution >= 0.6 is 0 Å². The molecule has 0 aliphatic heterocycles. The maximum Gasteiger partial charge on any atom is 0.153 e. The molecule has 0 N–H and O–H groups in total. The maximum atomic E-state index is 10.9. The van der Waals surface area contributed by atoms with E-state index in [4.69, 9.17) is 9.47 Å². The van der Waals surface area contributed by atoms with Gasteiger partial charge in [-0.25, -0.2) is 0 Å². The van der Waals surface area contributed by atoms with Crippen LogP contribution in [-0.4, -0.2) is 13.4 Å². The first-order chi connectivity index (χ1) is 9.83. The number of allylic oxidation sites excluding steroid dienone is 1. The first kappa shape index (κ1) is 13.9. The SMILES string of the molecule is CO/C=C(\C=O)c1ccc(OCc2ccccc2)cc1. The van der Waals surface area contributed by atoms with Crippen LogP contribution in [0.4, 0.5) is 0 Å². The van der Waals surface area contributed by atoms with Crippen LogP contribution in [0.25, 0.3) is 5.57 Å². The molecule has 2 rings (SSSR count). The zero-order chi connectivity index (χ0) is 14.2. The highest BCUT2D eigenvalue weighted by atomic mass is 16.5. The lowest BCUT2D eigenvalue weighted by molar-refractivity contribution is -0.103. The Hall–Kier alpha value is -2.55. The highest BCUT2D eigenvalue weighted by molar-refractivity contribution is 6.06. The Kier molecular flexibility index (Phi) is 4.95. The van der Waals surface area contributed by atoms with Crippen LogP contribution in [0, 0.1) is 0 Å². The number of ether oxygens (including phenoxy) is 2. The van der Waals surface area contributed by atoms with Gasteiger partial charge in [-0.2, -0.15) is 0 Å². The van der Waals surface area contributed by atoms with Gasteiger partial charge in [-0.15, -0.1) is 0 Å². The monoisotopic (exact) mass is 268 g/mol. The molecule has 3 nitrogen and oxygen atoms in total. The number of methoxy groups -OCH3 is 1. The molecule has 3 heteroatoms. The summed E-state index contributed by atoms with van der Waals surface area (Å²) in [5, 5.41) is 0. The average Bonchev–Trinajstić information content (AvgIpc) is 2.52. The van der Waals surface area contributed by atoms with Crippen molar-refractivity contribution in [3.63, 3.8) is 0 Å². The first-order valence-electron chi connectivity index (χ1n) is 6.29. The molecule has 102 valence electrons. The Morgan fingerprint density at radius 3 is 2.35 bits per heavy atom. The number of hydrogen-bond acceptors (Lipinski definition) is 3. The molecule has 0 aromatic heterocycles. The third-order valence-corrected chi connectivity index (χ3v) is 2.81. The van der Waals surface area contributed by atoms with Crippen molar-refractivity contribution in [3.05, 3.63) is 72.0 Å². The van der Waals surface area contributed by atoms with E-state index >= 15 is 0 Å². The van der Waals surface area contributed by atoms with Gasteiger partial charge in [0.05, 0.1) is 18.9 Å². The lowest BCUT2D eigenvalue weighted by Gasteiger charge is -2.07. The van der Waals surface area contributed by atoms with E-state index < -0.39 is 0 Å². The lowest BCUT2D eigenvalue weighted by atomic mass is 10.1. The molecule has 2 aromatic carbocycles. The predicted octanol–water partition coefficient (Wildman–Crippen LogP) is 3.45. The summed E-state index contributed by atoms with van der Waals surface area (Å²) in [7, 11) is 1.51. The average molecular weight is 268 g/mol. The molecule has 0 bridgehead atoms. The Labute approximate surface area is 118 Å². The van der Waals surface area contributed by atoms with E-state index in [1.807, 2.05) is 54.6 Å². The molecule has 20 heavy (non-hydrogen) atoms. The van der Waals surface area contributed by atoms with E-state index in [0.717, 1.165) is 23.2 Å². The van der Waals surface area contributed by atoms with Crippen LogP contribution < -0.4 is 4.74 Å². The Morgan fingerprint density at radius 2 is 1.75 bits per heavy atom. The van der Waals surface area contributed by atoms with Gasteiger partial charge in [-0.3, -0.25) is 4.79 Å². The summed E-state index contributed by atoms with van der Waals surface area (Å²) in [6.45, 7) is 0.522. The van der Waals surface area contributed by atoms with Crippen LogP contribution in [0.3, 0.4) is 0 Å². The van der Waals surface area contributed by atoms with Crippen LogP contribution in [0.15, 0.2) is 60.9 Å². The standard InChI is InChI=1S/C17H16O3/c1-19-13-16(11-18)15-7-9-17(10-8-15)20-12-14-5-3-2-4-6-14/h2-11,13H,12H2,1H3/b16-13+. The van der Waals surface area contributed by atoms with E-state index in [1.54, 1.807) is 0 Å². The van der Waals surface area contributed by atoms with Gasteiger partial charge < -0.3 is 9.47 Å². The van der Waals surface area contributed by atoms with E-state index in [2.05, 4.69) is 0 Å². The van der Waals surface area contributed by atoms with Crippen molar-refractivity contribution in [2.75, 3.05) is 7.11 Å². The number of rotatable bonds is 6. The summed E-state index contributed by atoms with van der Waals surface area (Å²) in [5.41, 5.74) is 2.42. The molecule has 0 amide bonds. The molecule has 0 atom stereocenters. The van der Waals surface area contributed by atoms with E-state index in [0.29, 0.717) is 12.2 Å². The summed E-state index contributed by atoms with van der Waals surface area (Å²) in [4.78, 5) is 10.9. The smallest absolute Gasteiger partial charge is 0.153 e. The molecule has 0 fully saturated rings. The van der Waals surface area contributed by atoms with E-state index in [9.17, 15) is 4.79 Å². The van der Waals surface area contributed by atoms with E-state index in [-0.39, 0.29) is 0 Å². The summed E-state index contributed by atoms with van der Waals surface area (Å²) in [6, 6.07) is 17.3. The van der Waals surface area contributed by atoms with Gasteiger partial charge in [0.15, 0.2) is 6.29 Å². The van der Waals surface area contributed by atoms with Gasteiger partial charge in [0.1, 0.15) is 12.4 Å². The van der Waals surface area contributed by atoms with Gasteiger partial charge in [-0.1, -0.05) is 42.5 Å². The molecule has 0 saturated carbocycles. The van der Waals surface area contributed by atoms with Gasteiger partial charge in [0, 0.05) is 0 Å². The van der Waals surface area contributed by atoms with Crippen molar-refractivity contribution in [2.45, 2.75) is 6.61 Å². The third-order valence-electron chi connectivity index (χ3n) is 2.81. The van der Waals surface area contributed by atoms with Crippen LogP contribution in [0.1, 0.15) is 11.1 Å². The normalized spacial score (nSPS) is 10.9. The summed E-state index contributed by atoms with van der Waals surface area (Å²) >= 11 is 0. The number of aldehydes is 1. The fraction of sp³-hybridized carbons (Fsp3) is 0.118. The number of benzene rings is 2. The molecule has 0 saturated heterocycles. The Morgan fingerprint density at radius 1 is 1.05 bits per heavy atom. The largest absolute Gasteiger partial charge is 0.504 e. The second-order valence-corrected chi connectivity index (χ2v) is 4.23. The lowest BCUT2D eigenvalue weighted by Crippen LogP contribution is -1.95. The van der Waals surface area contributed by atoms with Crippen LogP contribution in [0.2, 0.25) is 0 Å². The zero-order valence-corrected chi connectivity index (χ0v) is 11.3. The highest BCUT2D eigenvalue weighted by Crippen LogP contribution is 2.18. The summed E-state index contributed by atoms with van der Waals surface area (Å²) < 4.78 is 10.5. The maximum absolute atomic E-state index is 10.9. The van der Waals surface area contributed by atoms with Crippen molar-refractivity contribution in [1.29, 1.82) is 0 Å². The van der Waals surface area contributed by atoms with Gasteiger partial charge in [0.25, 0.3) is 0 Å². The highest BCUT2D eigenvalue weighted by Gasteiger charge is 2.01. The molecular formula is C17H16O3. The molecule has 2 aromatic rings.